The maximum Gasteiger partial charge on any atom is 0.317 e. The highest BCUT2D eigenvalue weighted by Crippen LogP contribution is 2.14. The zero-order valence-corrected chi connectivity index (χ0v) is 16.6. The third kappa shape index (κ3) is 24.5. The van der Waals surface area contributed by atoms with Gasteiger partial charge in [0.1, 0.15) is 5.75 Å². The van der Waals surface area contributed by atoms with Gasteiger partial charge < -0.3 is 37.2 Å². The standard InChI is InChI=1S/C7H13NO2.C6H5NO3.2C2H5NO2/c1-5(2)7(10)8-4-6(3)9;8-6-3-1-5(2-4-6)7(9)10;2*3-1-2(4)5/h6,9H,1,4H2,2-3H3,(H,8,10);1-4,8H;2*1,3H2,(H,4,5). The predicted octanol–water partition coefficient (Wildman–Crippen LogP) is -0.581. The molecule has 0 saturated carbocycles. The maximum absolute atomic E-state index is 10.7. The van der Waals surface area contributed by atoms with Crippen molar-refractivity contribution >= 4 is 23.5 Å². The number of nitrogens with zero attached hydrogens (tertiary/aromatic N) is 1. The van der Waals surface area contributed by atoms with E-state index in [4.69, 9.17) is 20.4 Å². The van der Waals surface area contributed by atoms with Gasteiger partial charge in [0.15, 0.2) is 0 Å². The van der Waals surface area contributed by atoms with Crippen molar-refractivity contribution in [3.05, 3.63) is 46.5 Å². The summed E-state index contributed by atoms with van der Waals surface area (Å²) in [6.07, 6.45) is -0.497. The molecule has 0 aromatic heterocycles. The van der Waals surface area contributed by atoms with Gasteiger partial charge in [-0.2, -0.15) is 0 Å². The lowest BCUT2D eigenvalue weighted by Gasteiger charge is -2.05. The van der Waals surface area contributed by atoms with Crippen molar-refractivity contribution < 1.29 is 39.7 Å². The Hall–Kier alpha value is -3.55. The van der Waals surface area contributed by atoms with Crippen LogP contribution in [0.1, 0.15) is 13.8 Å². The Balaban J connectivity index is -0.000000343. The number of carbonyl (C=O) groups is 3. The van der Waals surface area contributed by atoms with Crippen LogP contribution < -0.4 is 16.8 Å². The molecular weight excluding hydrogens is 404 g/mol. The number of amides is 1. The predicted molar refractivity (Wildman–Crippen MR) is 108 cm³/mol. The minimum absolute atomic E-state index is 0.0159. The maximum atomic E-state index is 10.7. The first-order valence-electron chi connectivity index (χ1n) is 8.17. The fourth-order valence-corrected chi connectivity index (χ4v) is 0.966. The van der Waals surface area contributed by atoms with Gasteiger partial charge in [0.05, 0.1) is 24.1 Å². The molecule has 0 radical (unpaired) electrons. The molecular formula is C17H28N4O9. The van der Waals surface area contributed by atoms with Gasteiger partial charge in [-0.05, 0) is 26.0 Å². The number of carboxylic acids is 2. The average molecular weight is 432 g/mol. The zero-order valence-electron chi connectivity index (χ0n) is 16.6. The lowest BCUT2D eigenvalue weighted by molar-refractivity contribution is -0.384. The number of nitrogens with two attached hydrogens (primary N) is 2. The number of aliphatic hydroxyl groups is 1. The highest BCUT2D eigenvalue weighted by Gasteiger charge is 2.02. The number of hydrogen-bond donors (Lipinski definition) is 7. The number of phenols is 1. The van der Waals surface area contributed by atoms with Gasteiger partial charge in [0.2, 0.25) is 5.91 Å². The van der Waals surface area contributed by atoms with Gasteiger partial charge in [-0.3, -0.25) is 24.5 Å². The number of phenolic OH excluding ortho intramolecular Hbond substituents is 1. The number of aliphatic hydroxyl groups excluding tert-OH is 1. The number of aliphatic carboxylic acids is 2. The molecule has 1 unspecified atom stereocenters. The molecule has 170 valence electrons. The molecule has 1 amide bonds. The van der Waals surface area contributed by atoms with E-state index in [1.165, 1.54) is 24.3 Å². The average Bonchev–Trinajstić information content (AvgIpc) is 2.67. The lowest BCUT2D eigenvalue weighted by Crippen LogP contribution is -2.30. The molecule has 0 aliphatic rings. The van der Waals surface area contributed by atoms with Crippen molar-refractivity contribution in [1.29, 1.82) is 0 Å². The van der Waals surface area contributed by atoms with Crippen molar-refractivity contribution in [2.75, 3.05) is 19.6 Å². The van der Waals surface area contributed by atoms with E-state index in [0.717, 1.165) is 0 Å². The molecule has 1 aromatic rings. The summed E-state index contributed by atoms with van der Waals surface area (Å²) in [6, 6.07) is 5.04. The van der Waals surface area contributed by atoms with E-state index in [9.17, 15) is 24.5 Å². The van der Waals surface area contributed by atoms with Crippen LogP contribution in [0.5, 0.6) is 5.75 Å². The molecule has 1 aromatic carbocycles. The van der Waals surface area contributed by atoms with E-state index < -0.39 is 23.0 Å². The van der Waals surface area contributed by atoms with Crippen molar-refractivity contribution in [2.24, 2.45) is 11.5 Å². The summed E-state index contributed by atoms with van der Waals surface area (Å²) in [7, 11) is 0. The summed E-state index contributed by atoms with van der Waals surface area (Å²) >= 11 is 0. The fourth-order valence-electron chi connectivity index (χ4n) is 0.966. The van der Waals surface area contributed by atoms with Crippen LogP contribution in [0.15, 0.2) is 36.4 Å². The molecule has 13 heteroatoms. The molecule has 9 N–H and O–H groups in total. The number of rotatable bonds is 6. The van der Waals surface area contributed by atoms with Crippen molar-refractivity contribution in [1.82, 2.24) is 5.32 Å². The van der Waals surface area contributed by atoms with Gasteiger partial charge in [-0.25, -0.2) is 0 Å². The van der Waals surface area contributed by atoms with Gasteiger partial charge >= 0.3 is 11.9 Å². The molecule has 0 saturated heterocycles. The van der Waals surface area contributed by atoms with Crippen molar-refractivity contribution in [3.8, 4) is 5.75 Å². The van der Waals surface area contributed by atoms with Crippen LogP contribution in [0.25, 0.3) is 0 Å². The minimum atomic E-state index is -0.968. The first-order valence-corrected chi connectivity index (χ1v) is 8.17. The normalized spacial score (nSPS) is 9.63. The molecule has 0 aliphatic heterocycles. The minimum Gasteiger partial charge on any atom is -0.508 e. The number of nitrogens with one attached hydrogen (secondary N) is 1. The molecule has 0 aliphatic carbocycles. The van der Waals surface area contributed by atoms with E-state index in [0.29, 0.717) is 5.57 Å². The quantitative estimate of drug-likeness (QED) is 0.170. The van der Waals surface area contributed by atoms with Crippen LogP contribution in [0.3, 0.4) is 0 Å². The fraction of sp³-hybridized carbons (Fsp3) is 0.353. The Morgan fingerprint density at radius 3 is 1.73 bits per heavy atom. The van der Waals surface area contributed by atoms with Gasteiger partial charge in [0, 0.05) is 24.3 Å². The summed E-state index contributed by atoms with van der Waals surface area (Å²) in [4.78, 5) is 38.7. The summed E-state index contributed by atoms with van der Waals surface area (Å²) in [6.45, 7) is 6.40. The Kier molecular flexibility index (Phi) is 19.5. The monoisotopic (exact) mass is 432 g/mol. The number of aromatic hydroxyl groups is 1. The van der Waals surface area contributed by atoms with Crippen LogP contribution >= 0.6 is 0 Å². The number of nitro groups is 1. The molecule has 1 rings (SSSR count). The first-order chi connectivity index (χ1) is 13.8. The van der Waals surface area contributed by atoms with E-state index in [-0.39, 0.29) is 37.0 Å². The van der Waals surface area contributed by atoms with Crippen LogP contribution in [0.2, 0.25) is 0 Å². The first kappa shape index (κ1) is 31.2. The van der Waals surface area contributed by atoms with Crippen LogP contribution in [0, 0.1) is 10.1 Å². The molecule has 0 fully saturated rings. The SMILES string of the molecule is C=C(C)C(=O)NCC(C)O.NCC(=O)O.NCC(=O)O.O=[N+]([O-])c1ccc(O)cc1. The topological polar surface area (TPSA) is 239 Å². The zero-order chi connectivity index (χ0) is 24.3. The second-order valence-electron chi connectivity index (χ2n) is 5.31. The van der Waals surface area contributed by atoms with Gasteiger partial charge in [-0.15, -0.1) is 0 Å². The third-order valence-corrected chi connectivity index (χ3v) is 2.36. The molecule has 0 spiro atoms. The highest BCUT2D eigenvalue weighted by atomic mass is 16.6. The van der Waals surface area contributed by atoms with E-state index in [2.05, 4.69) is 23.4 Å². The Bertz CT molecular complexity index is 662. The van der Waals surface area contributed by atoms with Gasteiger partial charge in [-0.1, -0.05) is 6.58 Å². The molecule has 0 bridgehead atoms. The number of nitro benzene ring substituents is 1. The number of carboxylic acid groups (broad SMARTS) is 2. The number of hydrogen-bond acceptors (Lipinski definition) is 9. The van der Waals surface area contributed by atoms with E-state index in [1.807, 2.05) is 0 Å². The van der Waals surface area contributed by atoms with E-state index >= 15 is 0 Å². The van der Waals surface area contributed by atoms with Gasteiger partial charge in [0.25, 0.3) is 5.69 Å². The third-order valence-electron chi connectivity index (χ3n) is 2.36. The smallest absolute Gasteiger partial charge is 0.317 e. The van der Waals surface area contributed by atoms with Crippen LogP contribution in [0.4, 0.5) is 5.69 Å². The van der Waals surface area contributed by atoms with Crippen LogP contribution in [-0.4, -0.2) is 68.9 Å². The molecule has 30 heavy (non-hydrogen) atoms. The largest absolute Gasteiger partial charge is 0.508 e. The summed E-state index contributed by atoms with van der Waals surface area (Å²) in [5, 5.41) is 45.2. The number of carbonyl (C=O) groups excluding carboxylic acids is 1. The number of non-ortho nitro benzene ring substituents is 1. The molecule has 1 atom stereocenters. The van der Waals surface area contributed by atoms with Crippen molar-refractivity contribution in [3.63, 3.8) is 0 Å². The highest BCUT2D eigenvalue weighted by molar-refractivity contribution is 5.92. The van der Waals surface area contributed by atoms with E-state index in [1.54, 1.807) is 13.8 Å². The second-order valence-corrected chi connectivity index (χ2v) is 5.31. The molecule has 13 nitrogen and oxygen atoms in total. The Morgan fingerprint density at radius 2 is 1.50 bits per heavy atom. The van der Waals surface area contributed by atoms with Crippen LogP contribution in [-0.2, 0) is 14.4 Å². The second kappa shape index (κ2) is 18.8. The Labute approximate surface area is 172 Å². The Morgan fingerprint density at radius 1 is 1.13 bits per heavy atom. The summed E-state index contributed by atoms with van der Waals surface area (Å²) in [5.41, 5.74) is 9.59. The lowest BCUT2D eigenvalue weighted by atomic mass is 10.3. The van der Waals surface area contributed by atoms with Crippen molar-refractivity contribution in [2.45, 2.75) is 20.0 Å². The number of benzene rings is 1. The summed E-state index contributed by atoms with van der Waals surface area (Å²) in [5.74, 6) is -2.11. The molecule has 0 heterocycles. The summed E-state index contributed by atoms with van der Waals surface area (Å²) < 4.78 is 0.